The summed E-state index contributed by atoms with van der Waals surface area (Å²) in [5.74, 6) is 5.29. The van der Waals surface area contributed by atoms with E-state index in [4.69, 9.17) is 15.3 Å². The Morgan fingerprint density at radius 1 is 1.26 bits per heavy atom. The summed E-state index contributed by atoms with van der Waals surface area (Å²) < 4.78 is 28.4. The number of carbonyl (C=O) groups is 1. The third-order valence-electron chi connectivity index (χ3n) is 6.17. The van der Waals surface area contributed by atoms with Crippen LogP contribution < -0.4 is 32.0 Å². The van der Waals surface area contributed by atoms with Crippen molar-refractivity contribution >= 4 is 22.7 Å². The highest BCUT2D eigenvalue weighted by Gasteiger charge is 2.33. The van der Waals surface area contributed by atoms with E-state index in [2.05, 4.69) is 5.32 Å². The number of nitrogens with zero attached hydrogens (tertiary/aromatic N) is 3. The van der Waals surface area contributed by atoms with E-state index in [1.165, 1.54) is 11.7 Å². The van der Waals surface area contributed by atoms with E-state index in [1.54, 1.807) is 20.8 Å². The van der Waals surface area contributed by atoms with Gasteiger partial charge in [0.15, 0.2) is 11.6 Å². The van der Waals surface area contributed by atoms with E-state index in [0.717, 1.165) is 31.7 Å². The van der Waals surface area contributed by atoms with E-state index in [9.17, 15) is 14.4 Å². The van der Waals surface area contributed by atoms with Crippen molar-refractivity contribution in [3.05, 3.63) is 32.7 Å². The van der Waals surface area contributed by atoms with Crippen LogP contribution in [0, 0.1) is 11.7 Å². The van der Waals surface area contributed by atoms with Crippen LogP contribution in [0.3, 0.4) is 0 Å². The van der Waals surface area contributed by atoms with Gasteiger partial charge < -0.3 is 25.5 Å². The normalized spacial score (nSPS) is 18.7. The lowest BCUT2D eigenvalue weighted by Gasteiger charge is -2.35. The Morgan fingerprint density at radius 2 is 1.97 bits per heavy atom. The number of nitrogens with two attached hydrogens (primary N) is 1. The zero-order valence-corrected chi connectivity index (χ0v) is 20.0. The van der Waals surface area contributed by atoms with E-state index >= 15 is 4.39 Å². The largest absolute Gasteiger partial charge is 0.492 e. The van der Waals surface area contributed by atoms with Crippen LogP contribution in [0.25, 0.3) is 10.9 Å². The smallest absolute Gasteiger partial charge is 0.407 e. The summed E-state index contributed by atoms with van der Waals surface area (Å²) in [5, 5.41) is 2.80. The van der Waals surface area contributed by atoms with Crippen LogP contribution in [-0.2, 0) is 4.74 Å². The molecule has 34 heavy (non-hydrogen) atoms. The second-order valence-corrected chi connectivity index (χ2v) is 10.0. The van der Waals surface area contributed by atoms with Gasteiger partial charge in [0, 0.05) is 25.7 Å². The summed E-state index contributed by atoms with van der Waals surface area (Å²) in [6.45, 7) is 6.81. The van der Waals surface area contributed by atoms with Crippen LogP contribution in [0.15, 0.2) is 15.7 Å². The monoisotopic (exact) mass is 477 g/mol. The van der Waals surface area contributed by atoms with Gasteiger partial charge >= 0.3 is 11.8 Å². The summed E-state index contributed by atoms with van der Waals surface area (Å²) >= 11 is 0. The highest BCUT2D eigenvalue weighted by Crippen LogP contribution is 2.43. The molecule has 186 valence electrons. The van der Waals surface area contributed by atoms with E-state index < -0.39 is 28.8 Å². The van der Waals surface area contributed by atoms with Gasteiger partial charge in [-0.05, 0) is 58.4 Å². The molecule has 11 heteroatoms. The van der Waals surface area contributed by atoms with Crippen LogP contribution in [0.5, 0.6) is 5.75 Å². The van der Waals surface area contributed by atoms with Crippen molar-refractivity contribution in [2.75, 3.05) is 37.5 Å². The average Bonchev–Trinajstić information content (AvgIpc) is 3.60. The molecule has 2 aliphatic rings. The molecule has 2 heterocycles. The van der Waals surface area contributed by atoms with Gasteiger partial charge in [-0.15, -0.1) is 0 Å². The molecule has 1 amide bonds. The minimum absolute atomic E-state index is 0.00671. The maximum Gasteiger partial charge on any atom is 0.407 e. The maximum atomic E-state index is 15.5. The molecule has 0 spiro atoms. The topological polar surface area (TPSA) is 121 Å². The van der Waals surface area contributed by atoms with Gasteiger partial charge in [-0.2, -0.15) is 4.68 Å². The second-order valence-electron chi connectivity index (χ2n) is 10.0. The van der Waals surface area contributed by atoms with Crippen molar-refractivity contribution in [2.45, 2.75) is 58.1 Å². The number of benzene rings is 1. The highest BCUT2D eigenvalue weighted by molar-refractivity contribution is 5.91. The molecular weight excluding hydrogens is 445 g/mol. The van der Waals surface area contributed by atoms with Gasteiger partial charge in [0.25, 0.3) is 5.56 Å². The number of hydrogen-bond acceptors (Lipinski definition) is 7. The van der Waals surface area contributed by atoms with Gasteiger partial charge in [-0.3, -0.25) is 9.36 Å². The number of halogens is 1. The first-order chi connectivity index (χ1) is 16.0. The minimum atomic E-state index is -0.765. The van der Waals surface area contributed by atoms with Crippen molar-refractivity contribution < 1.29 is 18.7 Å². The van der Waals surface area contributed by atoms with E-state index in [-0.39, 0.29) is 34.3 Å². The van der Waals surface area contributed by atoms with E-state index in [0.29, 0.717) is 24.3 Å². The Bertz CT molecular complexity index is 1230. The number of carbonyl (C=O) groups excluding carboxylic acids is 1. The lowest BCUT2D eigenvalue weighted by atomic mass is 9.97. The quantitative estimate of drug-likeness (QED) is 0.633. The molecule has 1 aromatic carbocycles. The van der Waals surface area contributed by atoms with Crippen LogP contribution >= 0.6 is 0 Å². The number of rotatable bonds is 5. The Kier molecular flexibility index (Phi) is 6.22. The Labute approximate surface area is 196 Å². The first-order valence-electron chi connectivity index (χ1n) is 11.6. The molecule has 2 fully saturated rings. The number of methoxy groups -OCH3 is 1. The number of ether oxygens (including phenoxy) is 2. The summed E-state index contributed by atoms with van der Waals surface area (Å²) in [4.78, 5) is 39.4. The van der Waals surface area contributed by atoms with Crippen molar-refractivity contribution in [2.24, 2.45) is 5.92 Å². The first-order valence-corrected chi connectivity index (χ1v) is 11.6. The number of aromatic nitrogens is 2. The molecule has 1 saturated heterocycles. The molecule has 1 unspecified atom stereocenters. The summed E-state index contributed by atoms with van der Waals surface area (Å²) in [6, 6.07) is 1.03. The molecule has 0 bridgehead atoms. The number of amides is 1. The third kappa shape index (κ3) is 4.55. The zero-order chi connectivity index (χ0) is 24.8. The fourth-order valence-electron chi connectivity index (χ4n) is 4.57. The van der Waals surface area contributed by atoms with Crippen LogP contribution in [0.4, 0.5) is 14.9 Å². The lowest BCUT2D eigenvalue weighted by Crippen LogP contribution is -2.45. The number of fused-ring (bicyclic) bond motifs is 1. The summed E-state index contributed by atoms with van der Waals surface area (Å²) in [7, 11) is 1.40. The average molecular weight is 478 g/mol. The van der Waals surface area contributed by atoms with Crippen molar-refractivity contribution in [1.82, 2.24) is 14.6 Å². The SMILES string of the molecule is COc1c(N2CCCC(CNC(=O)OC(C)(C)C)C2)c(F)cc2c(=O)n(N)c(=O)n(C3CC3)c12. The van der Waals surface area contributed by atoms with Gasteiger partial charge in [0.05, 0.1) is 12.5 Å². The van der Waals surface area contributed by atoms with Crippen molar-refractivity contribution in [3.8, 4) is 5.75 Å². The Balaban J connectivity index is 1.69. The van der Waals surface area contributed by atoms with Gasteiger partial charge in [-0.1, -0.05) is 0 Å². The second kappa shape index (κ2) is 8.84. The molecule has 2 aromatic rings. The zero-order valence-electron chi connectivity index (χ0n) is 20.0. The number of piperidine rings is 1. The minimum Gasteiger partial charge on any atom is -0.492 e. The molecular formula is C23H32FN5O5. The predicted molar refractivity (Wildman–Crippen MR) is 127 cm³/mol. The molecule has 1 aliphatic carbocycles. The Morgan fingerprint density at radius 3 is 2.59 bits per heavy atom. The maximum absolute atomic E-state index is 15.5. The number of hydrogen-bond donors (Lipinski definition) is 2. The highest BCUT2D eigenvalue weighted by atomic mass is 19.1. The lowest BCUT2D eigenvalue weighted by molar-refractivity contribution is 0.0517. The molecule has 1 aromatic heterocycles. The molecule has 0 radical (unpaired) electrons. The van der Waals surface area contributed by atoms with E-state index in [1.807, 2.05) is 4.90 Å². The molecule has 10 nitrogen and oxygen atoms in total. The third-order valence-corrected chi connectivity index (χ3v) is 6.17. The first kappa shape index (κ1) is 23.9. The molecule has 4 rings (SSSR count). The number of nitrogens with one attached hydrogen (secondary N) is 1. The van der Waals surface area contributed by atoms with Crippen molar-refractivity contribution in [3.63, 3.8) is 0 Å². The van der Waals surface area contributed by atoms with Gasteiger partial charge in [0.1, 0.15) is 16.8 Å². The van der Waals surface area contributed by atoms with Crippen LogP contribution in [0.1, 0.15) is 52.5 Å². The van der Waals surface area contributed by atoms with Gasteiger partial charge in [-0.25, -0.2) is 14.0 Å². The summed E-state index contributed by atoms with van der Waals surface area (Å²) in [5.41, 5.74) is -1.52. The number of anilines is 1. The number of alkyl carbamates (subject to hydrolysis) is 1. The number of nitrogen functional groups attached to an aromatic ring is 1. The fourth-order valence-corrected chi connectivity index (χ4v) is 4.57. The molecule has 1 atom stereocenters. The molecule has 1 aliphatic heterocycles. The fraction of sp³-hybridized carbons (Fsp3) is 0.609. The van der Waals surface area contributed by atoms with Crippen LogP contribution in [0.2, 0.25) is 0 Å². The Hall–Kier alpha value is -3.24. The summed E-state index contributed by atoms with van der Waals surface area (Å²) in [6.07, 6.45) is 2.68. The van der Waals surface area contributed by atoms with Crippen LogP contribution in [-0.4, -0.2) is 47.7 Å². The van der Waals surface area contributed by atoms with Gasteiger partial charge in [0.2, 0.25) is 0 Å². The molecule has 3 N–H and O–H groups in total. The van der Waals surface area contributed by atoms with Crippen molar-refractivity contribution in [1.29, 1.82) is 0 Å². The molecule has 1 saturated carbocycles. The standard InChI is InChI=1S/C23H32FN5O5/c1-23(2,3)34-21(31)26-11-13-6-5-9-27(12-13)18-16(24)10-15-17(19(18)33-4)28(14-7-8-14)22(32)29(25)20(15)30/h10,13-14H,5-9,11-12,25H2,1-4H3,(H,26,31). The predicted octanol–water partition coefficient (Wildman–Crippen LogP) is 2.10.